The molecule has 0 unspecified atom stereocenters. The highest BCUT2D eigenvalue weighted by Crippen LogP contribution is 2.21. The molecule has 0 aliphatic rings. The van der Waals surface area contributed by atoms with Crippen molar-refractivity contribution >= 4 is 21.8 Å². The molecule has 0 fully saturated rings. The first-order valence-corrected chi connectivity index (χ1v) is 12.3. The number of carbonyl (C=O) groups is 2. The summed E-state index contributed by atoms with van der Waals surface area (Å²) >= 11 is 0. The fraction of sp³-hybridized carbons (Fsp3) is 0.500. The van der Waals surface area contributed by atoms with Gasteiger partial charge in [0.1, 0.15) is 6.04 Å². The number of hydrogen-bond donors (Lipinski definition) is 1. The Kier molecular flexibility index (Phi) is 8.99. The number of ketones is 1. The molecular formula is C24H34N2O6S. The van der Waals surface area contributed by atoms with Gasteiger partial charge in [-0.25, -0.2) is 8.42 Å². The molecule has 2 atom stereocenters. The maximum absolute atomic E-state index is 12.8. The Labute approximate surface area is 196 Å². The minimum atomic E-state index is -3.93. The van der Waals surface area contributed by atoms with Crippen LogP contribution in [0.2, 0.25) is 0 Å². The molecule has 0 saturated carbocycles. The van der Waals surface area contributed by atoms with E-state index in [1.807, 2.05) is 32.3 Å². The van der Waals surface area contributed by atoms with Gasteiger partial charge in [-0.05, 0) is 51.8 Å². The first-order chi connectivity index (χ1) is 15.4. The van der Waals surface area contributed by atoms with E-state index in [1.54, 1.807) is 39.2 Å². The minimum absolute atomic E-state index is 0.0422. The molecule has 33 heavy (non-hydrogen) atoms. The van der Waals surface area contributed by atoms with E-state index in [4.69, 9.17) is 9.47 Å². The van der Waals surface area contributed by atoms with E-state index in [0.29, 0.717) is 12.2 Å². The second-order valence-corrected chi connectivity index (χ2v) is 10.4. The van der Waals surface area contributed by atoms with Crippen LogP contribution in [0.3, 0.4) is 0 Å². The fourth-order valence-corrected chi connectivity index (χ4v) is 5.10. The Bertz CT molecular complexity index is 1090. The van der Waals surface area contributed by atoms with Crippen molar-refractivity contribution in [3.63, 3.8) is 0 Å². The first-order valence-electron chi connectivity index (χ1n) is 10.8. The second kappa shape index (κ2) is 11.1. The number of aryl methyl sites for hydroxylation is 2. The Morgan fingerprint density at radius 2 is 1.67 bits per heavy atom. The third kappa shape index (κ3) is 6.52. The molecule has 9 heteroatoms. The summed E-state index contributed by atoms with van der Waals surface area (Å²) in [5.41, 5.74) is 3.05. The van der Waals surface area contributed by atoms with Crippen LogP contribution in [0.25, 0.3) is 0 Å². The topological polar surface area (TPSA) is 104 Å². The number of ether oxygens (including phenoxy) is 2. The number of nitrogens with zero attached hydrogens (tertiary/aromatic N) is 1. The highest BCUT2D eigenvalue weighted by Gasteiger charge is 2.30. The lowest BCUT2D eigenvalue weighted by molar-refractivity contribution is -0.145. The normalized spacial score (nSPS) is 13.7. The van der Waals surface area contributed by atoms with Crippen molar-refractivity contribution in [2.24, 2.45) is 5.92 Å². The van der Waals surface area contributed by atoms with Crippen LogP contribution >= 0.6 is 0 Å². The average molecular weight is 479 g/mol. The third-order valence-corrected chi connectivity index (χ3v) is 6.97. The molecule has 0 radical (unpaired) electrons. The summed E-state index contributed by atoms with van der Waals surface area (Å²) < 4.78 is 40.3. The molecule has 2 rings (SSSR count). The zero-order valence-electron chi connectivity index (χ0n) is 20.3. The number of sulfonamides is 1. The van der Waals surface area contributed by atoms with Gasteiger partial charge in [-0.1, -0.05) is 31.5 Å². The molecule has 1 aromatic carbocycles. The molecule has 0 bridgehead atoms. The van der Waals surface area contributed by atoms with Crippen LogP contribution < -0.4 is 4.72 Å². The Morgan fingerprint density at radius 3 is 2.21 bits per heavy atom. The zero-order valence-corrected chi connectivity index (χ0v) is 21.2. The number of esters is 1. The van der Waals surface area contributed by atoms with Gasteiger partial charge in [0.2, 0.25) is 15.8 Å². The van der Waals surface area contributed by atoms with Crippen LogP contribution in [-0.2, 0) is 24.3 Å². The van der Waals surface area contributed by atoms with Crippen LogP contribution in [0.5, 0.6) is 0 Å². The largest absolute Gasteiger partial charge is 0.456 e. The van der Waals surface area contributed by atoms with Crippen molar-refractivity contribution in [3.8, 4) is 0 Å². The van der Waals surface area contributed by atoms with Crippen molar-refractivity contribution in [2.75, 3.05) is 20.3 Å². The molecule has 182 valence electrons. The van der Waals surface area contributed by atoms with Crippen molar-refractivity contribution in [1.82, 2.24) is 9.29 Å². The van der Waals surface area contributed by atoms with Gasteiger partial charge in [-0.15, -0.1) is 0 Å². The number of hydrogen-bond acceptors (Lipinski definition) is 6. The summed E-state index contributed by atoms with van der Waals surface area (Å²) in [7, 11) is -2.31. The van der Waals surface area contributed by atoms with Gasteiger partial charge in [-0.3, -0.25) is 9.59 Å². The summed E-state index contributed by atoms with van der Waals surface area (Å²) in [6.45, 7) is 11.0. The van der Waals surface area contributed by atoms with Gasteiger partial charge < -0.3 is 14.0 Å². The van der Waals surface area contributed by atoms with E-state index in [9.17, 15) is 18.0 Å². The lowest BCUT2D eigenvalue weighted by Gasteiger charge is -2.21. The monoisotopic (exact) mass is 478 g/mol. The molecule has 8 nitrogen and oxygen atoms in total. The molecule has 0 spiro atoms. The molecule has 0 saturated heterocycles. The van der Waals surface area contributed by atoms with Crippen LogP contribution in [0.4, 0.5) is 0 Å². The molecule has 1 N–H and O–H groups in total. The highest BCUT2D eigenvalue weighted by atomic mass is 32.2. The minimum Gasteiger partial charge on any atom is -0.456 e. The number of carbonyl (C=O) groups excluding carboxylic acids is 2. The van der Waals surface area contributed by atoms with Crippen LogP contribution in [-0.4, -0.2) is 51.1 Å². The maximum Gasteiger partial charge on any atom is 0.324 e. The molecule has 1 aromatic heterocycles. The Morgan fingerprint density at radius 1 is 1.06 bits per heavy atom. The van der Waals surface area contributed by atoms with E-state index in [0.717, 1.165) is 17.0 Å². The quantitative estimate of drug-likeness (QED) is 0.392. The van der Waals surface area contributed by atoms with Crippen molar-refractivity contribution in [1.29, 1.82) is 0 Å². The summed E-state index contributed by atoms with van der Waals surface area (Å²) in [6.07, 6.45) is 0. The van der Waals surface area contributed by atoms with Gasteiger partial charge >= 0.3 is 5.97 Å². The van der Waals surface area contributed by atoms with E-state index in [2.05, 4.69) is 4.72 Å². The number of methoxy groups -OCH3 is 1. The predicted octanol–water partition coefficient (Wildman–Crippen LogP) is 3.35. The fourth-order valence-electron chi connectivity index (χ4n) is 3.77. The summed E-state index contributed by atoms with van der Waals surface area (Å²) in [5, 5.41) is 0. The molecule has 0 aliphatic heterocycles. The molecule has 0 amide bonds. The van der Waals surface area contributed by atoms with E-state index in [1.165, 1.54) is 12.1 Å². The number of rotatable bonds is 11. The van der Waals surface area contributed by atoms with Crippen LogP contribution in [0, 0.1) is 26.7 Å². The summed E-state index contributed by atoms with van der Waals surface area (Å²) in [4.78, 5) is 25.6. The summed E-state index contributed by atoms with van der Waals surface area (Å²) in [6, 6.07) is 6.99. The van der Waals surface area contributed by atoms with E-state index < -0.39 is 28.6 Å². The number of benzene rings is 1. The molecular weight excluding hydrogens is 444 g/mol. The number of Topliss-reactive ketones (excluding diaryl/α,β-unsaturated/α-hetero) is 1. The molecule has 2 aromatic rings. The number of nitrogens with one attached hydrogen (secondary N) is 1. The van der Waals surface area contributed by atoms with Crippen molar-refractivity contribution < 1.29 is 27.5 Å². The second-order valence-electron chi connectivity index (χ2n) is 8.65. The standard InChI is InChI=1S/C24H34N2O6S/c1-15(2)23(25-33(29,30)20-10-8-16(3)9-11-20)24(28)32-14-22(27)21-12-17(4)26(19(21)6)18(5)13-31-7/h8-12,15,18,23,25H,13-14H2,1-7H3/t18-,23+/m1/s1. The van der Waals surface area contributed by atoms with Crippen LogP contribution in [0.15, 0.2) is 35.2 Å². The van der Waals surface area contributed by atoms with Gasteiger partial charge in [0, 0.05) is 24.1 Å². The highest BCUT2D eigenvalue weighted by molar-refractivity contribution is 7.89. The van der Waals surface area contributed by atoms with Gasteiger partial charge in [-0.2, -0.15) is 4.72 Å². The lowest BCUT2D eigenvalue weighted by Crippen LogP contribution is -2.45. The van der Waals surface area contributed by atoms with E-state index >= 15 is 0 Å². The van der Waals surface area contributed by atoms with Crippen molar-refractivity contribution in [2.45, 2.75) is 58.5 Å². The average Bonchev–Trinajstić information content (AvgIpc) is 3.04. The third-order valence-electron chi connectivity index (χ3n) is 5.51. The van der Waals surface area contributed by atoms with Gasteiger partial charge in [0.25, 0.3) is 0 Å². The Balaban J connectivity index is 2.12. The smallest absolute Gasteiger partial charge is 0.324 e. The zero-order chi connectivity index (χ0) is 24.9. The van der Waals surface area contributed by atoms with E-state index in [-0.39, 0.29) is 22.6 Å². The predicted molar refractivity (Wildman–Crippen MR) is 126 cm³/mol. The van der Waals surface area contributed by atoms with Crippen LogP contribution in [0.1, 0.15) is 54.1 Å². The van der Waals surface area contributed by atoms with Crippen molar-refractivity contribution in [3.05, 3.63) is 52.8 Å². The number of aromatic nitrogens is 1. The lowest BCUT2D eigenvalue weighted by atomic mass is 10.1. The molecule has 1 heterocycles. The first kappa shape index (κ1) is 26.8. The maximum atomic E-state index is 12.8. The van der Waals surface area contributed by atoms with Gasteiger partial charge in [0.05, 0.1) is 17.5 Å². The molecule has 0 aliphatic carbocycles. The van der Waals surface area contributed by atoms with Gasteiger partial charge in [0.15, 0.2) is 6.61 Å². The summed E-state index contributed by atoms with van der Waals surface area (Å²) in [5.74, 6) is -1.53. The SMILES string of the molecule is COC[C@@H](C)n1c(C)cc(C(=O)COC(=O)[C@@H](NS(=O)(=O)c2ccc(C)cc2)C(C)C)c1C. The Hall–Kier alpha value is -2.49.